The van der Waals surface area contributed by atoms with Gasteiger partial charge in [0.05, 0.1) is 11.4 Å². The van der Waals surface area contributed by atoms with Crippen LogP contribution in [0.15, 0.2) is 24.5 Å². The molecule has 2 heterocycles. The van der Waals surface area contributed by atoms with E-state index >= 15 is 0 Å². The average Bonchev–Trinajstić information content (AvgIpc) is 2.87. The van der Waals surface area contributed by atoms with E-state index in [1.54, 1.807) is 24.5 Å². The first kappa shape index (κ1) is 8.36. The highest BCUT2D eigenvalue weighted by atomic mass is 15.1. The number of hydrogen-bond donors (Lipinski definition) is 4. The van der Waals surface area contributed by atoms with E-state index in [0.29, 0.717) is 11.4 Å². The highest BCUT2D eigenvalue weighted by Crippen LogP contribution is 2.01. The summed E-state index contributed by atoms with van der Waals surface area (Å²) < 4.78 is 0. The van der Waals surface area contributed by atoms with Crippen molar-refractivity contribution in [1.29, 1.82) is 10.8 Å². The molecular weight excluding hydrogens is 180 g/mol. The van der Waals surface area contributed by atoms with Gasteiger partial charge >= 0.3 is 0 Å². The Morgan fingerprint density at radius 1 is 0.929 bits per heavy atom. The van der Waals surface area contributed by atoms with Gasteiger partial charge in [-0.05, 0) is 12.1 Å². The summed E-state index contributed by atoms with van der Waals surface area (Å²) in [7, 11) is 0. The van der Waals surface area contributed by atoms with E-state index in [1.165, 1.54) is 0 Å². The van der Waals surface area contributed by atoms with Gasteiger partial charge in [0.15, 0.2) is 0 Å². The van der Waals surface area contributed by atoms with Crippen molar-refractivity contribution in [3.05, 3.63) is 35.9 Å². The third kappa shape index (κ3) is 1.33. The third-order valence-electron chi connectivity index (χ3n) is 1.79. The number of H-pyrrole nitrogens is 2. The molecule has 4 N–H and O–H groups in total. The summed E-state index contributed by atoms with van der Waals surface area (Å²) >= 11 is 0. The van der Waals surface area contributed by atoms with Crippen molar-refractivity contribution < 1.29 is 0 Å². The quantitative estimate of drug-likeness (QED) is 0.528. The Morgan fingerprint density at radius 2 is 1.36 bits per heavy atom. The molecule has 0 unspecified atom stereocenters. The van der Waals surface area contributed by atoms with Crippen LogP contribution in [-0.4, -0.2) is 31.8 Å². The van der Waals surface area contributed by atoms with Crippen molar-refractivity contribution >= 4 is 11.4 Å². The molecule has 14 heavy (non-hydrogen) atoms. The molecule has 0 bridgehead atoms. The fraction of sp³-hybridized carbons (Fsp3) is 0. The summed E-state index contributed by atoms with van der Waals surface area (Å²) in [4.78, 5) is 0. The minimum atomic E-state index is 0.0896. The van der Waals surface area contributed by atoms with Gasteiger partial charge in [-0.25, -0.2) is 0 Å². The number of rotatable bonds is 3. The Morgan fingerprint density at radius 3 is 1.64 bits per heavy atom. The van der Waals surface area contributed by atoms with Crippen LogP contribution in [0.25, 0.3) is 0 Å². The van der Waals surface area contributed by atoms with Crippen LogP contribution in [0.1, 0.15) is 11.4 Å². The standard InChI is InChI=1S/C8H8N6/c9-7(5-1-3-11-13-5)8(10)6-2-4-12-14-6/h1-4,9-10H,(H,11,13)(H,12,14). The molecule has 2 aromatic heterocycles. The largest absolute Gasteiger partial charge is 0.296 e. The van der Waals surface area contributed by atoms with Crippen LogP contribution in [0.4, 0.5) is 0 Å². The Hall–Kier alpha value is -2.24. The van der Waals surface area contributed by atoms with Crippen molar-refractivity contribution in [1.82, 2.24) is 20.4 Å². The normalized spacial score (nSPS) is 10.0. The van der Waals surface area contributed by atoms with E-state index in [9.17, 15) is 0 Å². The van der Waals surface area contributed by atoms with Crippen LogP contribution in [0.5, 0.6) is 0 Å². The Kier molecular flexibility index (Phi) is 1.94. The first-order chi connectivity index (χ1) is 6.79. The molecule has 2 aromatic rings. The second-order valence-electron chi connectivity index (χ2n) is 2.69. The van der Waals surface area contributed by atoms with E-state index in [4.69, 9.17) is 10.8 Å². The van der Waals surface area contributed by atoms with Gasteiger partial charge in [0.2, 0.25) is 0 Å². The van der Waals surface area contributed by atoms with E-state index in [2.05, 4.69) is 20.4 Å². The molecular formula is C8H8N6. The summed E-state index contributed by atoms with van der Waals surface area (Å²) in [5.74, 6) is 0. The summed E-state index contributed by atoms with van der Waals surface area (Å²) in [5, 5.41) is 28.1. The highest BCUT2D eigenvalue weighted by Gasteiger charge is 2.11. The lowest BCUT2D eigenvalue weighted by Crippen LogP contribution is -2.15. The summed E-state index contributed by atoms with van der Waals surface area (Å²) in [6.07, 6.45) is 3.09. The van der Waals surface area contributed by atoms with Gasteiger partial charge in [-0.1, -0.05) is 0 Å². The van der Waals surface area contributed by atoms with Gasteiger partial charge in [0.25, 0.3) is 0 Å². The molecule has 0 aliphatic rings. The predicted molar refractivity (Wildman–Crippen MR) is 50.8 cm³/mol. The molecule has 6 nitrogen and oxygen atoms in total. The van der Waals surface area contributed by atoms with Gasteiger partial charge < -0.3 is 0 Å². The smallest absolute Gasteiger partial charge is 0.106 e. The predicted octanol–water partition coefficient (Wildman–Crippen LogP) is 0.569. The highest BCUT2D eigenvalue weighted by molar-refractivity contribution is 6.50. The minimum Gasteiger partial charge on any atom is -0.296 e. The molecule has 0 aliphatic heterocycles. The first-order valence-electron chi connectivity index (χ1n) is 3.96. The van der Waals surface area contributed by atoms with Crippen LogP contribution in [0.2, 0.25) is 0 Å². The number of hydrogen-bond acceptors (Lipinski definition) is 4. The Labute approximate surface area is 79.4 Å². The van der Waals surface area contributed by atoms with Crippen LogP contribution in [-0.2, 0) is 0 Å². The summed E-state index contributed by atoms with van der Waals surface area (Å²) in [5.41, 5.74) is 1.22. The summed E-state index contributed by atoms with van der Waals surface area (Å²) in [6, 6.07) is 3.29. The molecule has 0 saturated carbocycles. The maximum atomic E-state index is 7.69. The topological polar surface area (TPSA) is 105 Å². The molecule has 6 heteroatoms. The van der Waals surface area contributed by atoms with Crippen LogP contribution >= 0.6 is 0 Å². The molecule has 0 saturated heterocycles. The second-order valence-corrected chi connectivity index (χ2v) is 2.69. The monoisotopic (exact) mass is 188 g/mol. The SMILES string of the molecule is N=C(C(=N)c1ccn[nH]1)c1ccn[nH]1. The van der Waals surface area contributed by atoms with Crippen LogP contribution < -0.4 is 0 Å². The van der Waals surface area contributed by atoms with Crippen molar-refractivity contribution in [2.24, 2.45) is 0 Å². The Balaban J connectivity index is 2.26. The van der Waals surface area contributed by atoms with Gasteiger partial charge in [-0.2, -0.15) is 10.2 Å². The zero-order valence-corrected chi connectivity index (χ0v) is 7.20. The molecule has 0 aromatic carbocycles. The molecule has 0 aliphatic carbocycles. The maximum absolute atomic E-state index is 7.69. The van der Waals surface area contributed by atoms with Crippen molar-refractivity contribution in [2.75, 3.05) is 0 Å². The fourth-order valence-corrected chi connectivity index (χ4v) is 1.06. The maximum Gasteiger partial charge on any atom is 0.106 e. The van der Waals surface area contributed by atoms with Crippen LogP contribution in [0.3, 0.4) is 0 Å². The average molecular weight is 188 g/mol. The lowest BCUT2D eigenvalue weighted by Gasteiger charge is -1.99. The second kappa shape index (κ2) is 3.25. The lowest BCUT2D eigenvalue weighted by atomic mass is 10.1. The fourth-order valence-electron chi connectivity index (χ4n) is 1.06. The third-order valence-corrected chi connectivity index (χ3v) is 1.79. The molecule has 0 spiro atoms. The van der Waals surface area contributed by atoms with E-state index in [-0.39, 0.29) is 11.4 Å². The zero-order chi connectivity index (χ0) is 9.97. The van der Waals surface area contributed by atoms with Crippen molar-refractivity contribution in [3.8, 4) is 0 Å². The molecule has 70 valence electrons. The van der Waals surface area contributed by atoms with Gasteiger partial charge in [-0.15, -0.1) is 0 Å². The summed E-state index contributed by atoms with van der Waals surface area (Å²) in [6.45, 7) is 0. The lowest BCUT2D eigenvalue weighted by molar-refractivity contribution is 1.07. The molecule has 2 rings (SSSR count). The number of nitrogens with zero attached hydrogens (tertiary/aromatic N) is 2. The van der Waals surface area contributed by atoms with E-state index in [0.717, 1.165) is 0 Å². The first-order valence-corrected chi connectivity index (χ1v) is 3.96. The van der Waals surface area contributed by atoms with Gasteiger partial charge in [-0.3, -0.25) is 21.0 Å². The Bertz CT molecular complexity index is 394. The van der Waals surface area contributed by atoms with E-state index in [1.807, 2.05) is 0 Å². The zero-order valence-electron chi connectivity index (χ0n) is 7.20. The van der Waals surface area contributed by atoms with Crippen LogP contribution in [0, 0.1) is 10.8 Å². The number of aromatic amines is 2. The molecule has 0 amide bonds. The van der Waals surface area contributed by atoms with Gasteiger partial charge in [0.1, 0.15) is 11.4 Å². The minimum absolute atomic E-state index is 0.0896. The molecule has 0 atom stereocenters. The van der Waals surface area contributed by atoms with Gasteiger partial charge in [0, 0.05) is 12.4 Å². The molecule has 0 radical (unpaired) electrons. The number of aromatic nitrogens is 4. The van der Waals surface area contributed by atoms with Crippen molar-refractivity contribution in [2.45, 2.75) is 0 Å². The molecule has 0 fully saturated rings. The number of nitrogens with one attached hydrogen (secondary N) is 4. The van der Waals surface area contributed by atoms with Crippen molar-refractivity contribution in [3.63, 3.8) is 0 Å². The van der Waals surface area contributed by atoms with E-state index < -0.39 is 0 Å².